The molecule has 0 aliphatic carbocycles. The SMILES string of the molecule is CCOc1ccc(C2C(C(=O)C=Cc3ccccc3)=C(O)C(=O)N2CCN(CC)CC)cc1OCC. The van der Waals surface area contributed by atoms with Gasteiger partial charge in [0.2, 0.25) is 0 Å². The van der Waals surface area contributed by atoms with E-state index in [0.717, 1.165) is 18.7 Å². The number of hydrogen-bond acceptors (Lipinski definition) is 6. The average Bonchev–Trinajstić information content (AvgIpc) is 3.15. The number of amides is 1. The second-order valence-electron chi connectivity index (χ2n) is 8.37. The average molecular weight is 493 g/mol. The van der Waals surface area contributed by atoms with E-state index in [1.54, 1.807) is 23.1 Å². The van der Waals surface area contributed by atoms with E-state index < -0.39 is 23.5 Å². The maximum Gasteiger partial charge on any atom is 0.290 e. The summed E-state index contributed by atoms with van der Waals surface area (Å²) in [5.74, 6) is -0.338. The summed E-state index contributed by atoms with van der Waals surface area (Å²) in [7, 11) is 0. The molecule has 0 saturated heterocycles. The number of rotatable bonds is 13. The number of nitrogens with zero attached hydrogens (tertiary/aromatic N) is 2. The van der Waals surface area contributed by atoms with Gasteiger partial charge in [-0.2, -0.15) is 0 Å². The fourth-order valence-corrected chi connectivity index (χ4v) is 4.34. The van der Waals surface area contributed by atoms with E-state index in [0.29, 0.717) is 43.4 Å². The standard InChI is InChI=1S/C29H36N2O5/c1-5-30(6-2)18-19-31-27(22-15-17-24(35-7-3)25(20-22)36-8-4)26(28(33)29(31)34)23(32)16-14-21-12-10-9-11-13-21/h9-17,20,27,33H,5-8,18-19H2,1-4H3. The van der Waals surface area contributed by atoms with Crippen molar-refractivity contribution in [2.24, 2.45) is 0 Å². The van der Waals surface area contributed by atoms with E-state index in [1.807, 2.05) is 50.2 Å². The van der Waals surface area contributed by atoms with Crippen LogP contribution >= 0.6 is 0 Å². The lowest BCUT2D eigenvalue weighted by molar-refractivity contribution is -0.129. The van der Waals surface area contributed by atoms with Crippen LogP contribution < -0.4 is 9.47 Å². The van der Waals surface area contributed by atoms with Crippen molar-refractivity contribution in [1.29, 1.82) is 0 Å². The molecule has 3 rings (SSSR count). The van der Waals surface area contributed by atoms with Crippen LogP contribution in [0.25, 0.3) is 6.08 Å². The minimum absolute atomic E-state index is 0.0679. The van der Waals surface area contributed by atoms with E-state index >= 15 is 0 Å². The summed E-state index contributed by atoms with van der Waals surface area (Å²) in [6.07, 6.45) is 3.10. The van der Waals surface area contributed by atoms with Crippen LogP contribution in [-0.2, 0) is 9.59 Å². The predicted molar refractivity (Wildman–Crippen MR) is 141 cm³/mol. The molecule has 1 atom stereocenters. The Morgan fingerprint density at radius 1 is 1.00 bits per heavy atom. The predicted octanol–water partition coefficient (Wildman–Crippen LogP) is 4.80. The third kappa shape index (κ3) is 6.15. The fraction of sp³-hybridized carbons (Fsp3) is 0.379. The normalized spacial score (nSPS) is 15.9. The molecule has 1 N–H and O–H groups in total. The topological polar surface area (TPSA) is 79.3 Å². The van der Waals surface area contributed by atoms with Gasteiger partial charge in [-0.05, 0) is 56.3 Å². The van der Waals surface area contributed by atoms with Crippen molar-refractivity contribution in [2.45, 2.75) is 33.7 Å². The van der Waals surface area contributed by atoms with E-state index in [2.05, 4.69) is 18.7 Å². The molecule has 2 aromatic rings. The van der Waals surface area contributed by atoms with Crippen LogP contribution in [0.2, 0.25) is 0 Å². The molecule has 1 aliphatic heterocycles. The Balaban J connectivity index is 2.03. The number of ketones is 1. The summed E-state index contributed by atoms with van der Waals surface area (Å²) in [4.78, 5) is 30.4. The molecule has 7 heteroatoms. The minimum atomic E-state index is -0.740. The van der Waals surface area contributed by atoms with Crippen LogP contribution in [0, 0.1) is 0 Å². The van der Waals surface area contributed by atoms with Gasteiger partial charge in [-0.1, -0.05) is 56.3 Å². The summed E-state index contributed by atoms with van der Waals surface area (Å²) < 4.78 is 11.5. The van der Waals surface area contributed by atoms with Crippen molar-refractivity contribution in [3.63, 3.8) is 0 Å². The van der Waals surface area contributed by atoms with Gasteiger partial charge in [-0.25, -0.2) is 0 Å². The van der Waals surface area contributed by atoms with Crippen molar-refractivity contribution >= 4 is 17.8 Å². The first-order valence-corrected chi connectivity index (χ1v) is 12.6. The number of carbonyl (C=O) groups excluding carboxylic acids is 2. The maximum absolute atomic E-state index is 13.4. The number of ether oxygens (including phenoxy) is 2. The highest BCUT2D eigenvalue weighted by Crippen LogP contribution is 2.41. The number of benzene rings is 2. The molecule has 0 aromatic heterocycles. The highest BCUT2D eigenvalue weighted by atomic mass is 16.5. The van der Waals surface area contributed by atoms with Crippen LogP contribution in [0.15, 0.2) is 65.9 Å². The second kappa shape index (κ2) is 12.9. The summed E-state index contributed by atoms with van der Waals surface area (Å²) in [5.41, 5.74) is 1.60. The molecule has 0 saturated carbocycles. The molecule has 0 fully saturated rings. The second-order valence-corrected chi connectivity index (χ2v) is 8.37. The van der Waals surface area contributed by atoms with Crippen LogP contribution in [0.5, 0.6) is 11.5 Å². The molecule has 1 heterocycles. The summed E-state index contributed by atoms with van der Waals surface area (Å²) in [6.45, 7) is 11.5. The van der Waals surface area contributed by atoms with E-state index in [9.17, 15) is 14.7 Å². The Bertz CT molecular complexity index is 1110. The van der Waals surface area contributed by atoms with Gasteiger partial charge in [0.15, 0.2) is 23.0 Å². The van der Waals surface area contributed by atoms with Crippen molar-refractivity contribution in [2.75, 3.05) is 39.4 Å². The van der Waals surface area contributed by atoms with Gasteiger partial charge in [-0.3, -0.25) is 9.59 Å². The molecule has 0 bridgehead atoms. The quantitative estimate of drug-likeness (QED) is 0.405. The van der Waals surface area contributed by atoms with Crippen molar-refractivity contribution in [3.05, 3.63) is 77.1 Å². The van der Waals surface area contributed by atoms with Crippen molar-refractivity contribution < 1.29 is 24.2 Å². The molecule has 0 radical (unpaired) electrons. The van der Waals surface area contributed by atoms with E-state index in [4.69, 9.17) is 9.47 Å². The van der Waals surface area contributed by atoms with Gasteiger partial charge in [-0.15, -0.1) is 0 Å². The largest absolute Gasteiger partial charge is 0.503 e. The first kappa shape index (κ1) is 27.0. The molecule has 0 spiro atoms. The van der Waals surface area contributed by atoms with Crippen molar-refractivity contribution in [1.82, 2.24) is 9.80 Å². The highest BCUT2D eigenvalue weighted by Gasteiger charge is 2.43. The van der Waals surface area contributed by atoms with Crippen LogP contribution in [0.1, 0.15) is 44.9 Å². The Labute approximate surface area is 213 Å². The third-order valence-electron chi connectivity index (χ3n) is 6.23. The van der Waals surface area contributed by atoms with Gasteiger partial charge in [0.05, 0.1) is 24.8 Å². The number of aliphatic hydroxyl groups is 1. The first-order chi connectivity index (χ1) is 17.4. The number of hydrogen-bond donors (Lipinski definition) is 1. The Hall–Kier alpha value is -3.58. The molecular weight excluding hydrogens is 456 g/mol. The van der Waals surface area contributed by atoms with E-state index in [-0.39, 0.29) is 5.57 Å². The molecule has 36 heavy (non-hydrogen) atoms. The minimum Gasteiger partial charge on any atom is -0.503 e. The number of likely N-dealkylation sites (N-methyl/N-ethyl adjacent to an activating group) is 1. The Morgan fingerprint density at radius 2 is 1.67 bits per heavy atom. The summed E-state index contributed by atoms with van der Waals surface area (Å²) in [6, 6.07) is 14.1. The van der Waals surface area contributed by atoms with Crippen molar-refractivity contribution in [3.8, 4) is 11.5 Å². The zero-order valence-corrected chi connectivity index (χ0v) is 21.6. The maximum atomic E-state index is 13.4. The lowest BCUT2D eigenvalue weighted by atomic mass is 9.95. The molecule has 1 aliphatic rings. The first-order valence-electron chi connectivity index (χ1n) is 12.6. The molecule has 2 aromatic carbocycles. The van der Waals surface area contributed by atoms with Gasteiger partial charge in [0, 0.05) is 13.1 Å². The zero-order valence-electron chi connectivity index (χ0n) is 21.6. The number of allylic oxidation sites excluding steroid dienone is 1. The lowest BCUT2D eigenvalue weighted by Crippen LogP contribution is -2.38. The summed E-state index contributed by atoms with van der Waals surface area (Å²) >= 11 is 0. The zero-order chi connectivity index (χ0) is 26.1. The summed E-state index contributed by atoms with van der Waals surface area (Å²) in [5, 5.41) is 10.9. The smallest absolute Gasteiger partial charge is 0.290 e. The van der Waals surface area contributed by atoms with E-state index in [1.165, 1.54) is 6.08 Å². The van der Waals surface area contributed by atoms with Gasteiger partial charge < -0.3 is 24.4 Å². The fourth-order valence-electron chi connectivity index (χ4n) is 4.34. The highest BCUT2D eigenvalue weighted by molar-refractivity contribution is 6.14. The molecule has 1 unspecified atom stereocenters. The number of aliphatic hydroxyl groups excluding tert-OH is 1. The monoisotopic (exact) mass is 492 g/mol. The Kier molecular flexibility index (Phi) is 9.70. The lowest BCUT2D eigenvalue weighted by Gasteiger charge is -2.29. The molecule has 7 nitrogen and oxygen atoms in total. The molecule has 192 valence electrons. The molecular formula is C29H36N2O5. The van der Waals surface area contributed by atoms with Crippen LogP contribution in [0.4, 0.5) is 0 Å². The van der Waals surface area contributed by atoms with Gasteiger partial charge in [0.1, 0.15) is 0 Å². The third-order valence-corrected chi connectivity index (χ3v) is 6.23. The van der Waals surface area contributed by atoms with Crippen LogP contribution in [-0.4, -0.2) is 66.0 Å². The Morgan fingerprint density at radius 3 is 2.31 bits per heavy atom. The van der Waals surface area contributed by atoms with Crippen LogP contribution in [0.3, 0.4) is 0 Å². The van der Waals surface area contributed by atoms with Gasteiger partial charge >= 0.3 is 0 Å². The molecule has 1 amide bonds. The number of carbonyl (C=O) groups is 2. The van der Waals surface area contributed by atoms with Gasteiger partial charge in [0.25, 0.3) is 5.91 Å².